The third-order valence-electron chi connectivity index (χ3n) is 7.38. The van der Waals surface area contributed by atoms with Gasteiger partial charge in [-0.05, 0) is 110 Å². The maximum Gasteiger partial charge on any atom is 0.240 e. The second-order valence-electron chi connectivity index (χ2n) is 9.47. The Morgan fingerprint density at radius 2 is 1.88 bits per heavy atom. The minimum Gasteiger partial charge on any atom is -0.360 e. The number of nitrogens with two attached hydrogens (primary N) is 1. The largest absolute Gasteiger partial charge is 0.360 e. The molecule has 2 aromatic carbocycles. The minimum atomic E-state index is -0.380. The Kier molecular flexibility index (Phi) is 8.46. The van der Waals surface area contributed by atoms with E-state index in [1.807, 2.05) is 4.90 Å². The maximum absolute atomic E-state index is 13.1. The van der Waals surface area contributed by atoms with Crippen LogP contribution < -0.4 is 16.4 Å². The first-order valence-corrected chi connectivity index (χ1v) is 13.8. The number of hydrogen-bond donors (Lipinski definition) is 3. The molecule has 33 heavy (non-hydrogen) atoms. The predicted octanol–water partition coefficient (Wildman–Crippen LogP) is 5.41. The highest BCUT2D eigenvalue weighted by atomic mass is 127. The molecule has 1 atom stereocenters. The number of nitrogens with one attached hydrogen (secondary N) is 2. The van der Waals surface area contributed by atoms with Gasteiger partial charge in [-0.1, -0.05) is 31.0 Å². The van der Waals surface area contributed by atoms with E-state index in [9.17, 15) is 4.79 Å². The molecule has 2 aromatic rings. The van der Waals surface area contributed by atoms with Crippen LogP contribution in [0.3, 0.4) is 0 Å². The summed E-state index contributed by atoms with van der Waals surface area (Å²) in [4.78, 5) is 15.2. The maximum atomic E-state index is 13.1. The normalized spacial score (nSPS) is 22.2. The lowest BCUT2D eigenvalue weighted by Gasteiger charge is -2.36. The van der Waals surface area contributed by atoms with Crippen molar-refractivity contribution in [3.8, 4) is 0 Å². The lowest BCUT2D eigenvalue weighted by atomic mass is 9.81. The zero-order chi connectivity index (χ0) is 23.4. The van der Waals surface area contributed by atoms with Crippen molar-refractivity contribution in [1.82, 2.24) is 10.2 Å². The standard InChI is InChI=1S/C26H35IN4OS/c1-2-31(21-7-3-4-8-21)25(32)24(28)17-10-13-20(14-11-17)29-26(33)30-23-9-5-6-18-16-19(27)12-15-22(18)23/h5-6,9,12,15-17,20-21,24H,2-4,7-8,10-11,13-14,28H2,1H3,(H2,29,30,33). The molecule has 0 radical (unpaired) electrons. The number of fused-ring (bicyclic) bond motifs is 1. The molecule has 4 rings (SSSR count). The van der Waals surface area contributed by atoms with Crippen molar-refractivity contribution in [2.45, 2.75) is 76.4 Å². The number of carbonyl (C=O) groups is 1. The Labute approximate surface area is 216 Å². The highest BCUT2D eigenvalue weighted by Gasteiger charge is 2.34. The number of halogens is 1. The third kappa shape index (κ3) is 5.98. The van der Waals surface area contributed by atoms with Crippen LogP contribution in [0.15, 0.2) is 36.4 Å². The number of rotatable bonds is 6. The number of hydrogen-bond acceptors (Lipinski definition) is 3. The van der Waals surface area contributed by atoms with Crippen LogP contribution in [0.4, 0.5) is 5.69 Å². The molecule has 2 fully saturated rings. The highest BCUT2D eigenvalue weighted by molar-refractivity contribution is 14.1. The predicted molar refractivity (Wildman–Crippen MR) is 149 cm³/mol. The van der Waals surface area contributed by atoms with Crippen molar-refractivity contribution in [3.63, 3.8) is 0 Å². The van der Waals surface area contributed by atoms with Gasteiger partial charge in [0.2, 0.25) is 5.91 Å². The van der Waals surface area contributed by atoms with Crippen LogP contribution in [0.5, 0.6) is 0 Å². The van der Waals surface area contributed by atoms with Crippen molar-refractivity contribution in [3.05, 3.63) is 40.0 Å². The van der Waals surface area contributed by atoms with Crippen LogP contribution in [0.1, 0.15) is 58.3 Å². The molecule has 4 N–H and O–H groups in total. The number of benzene rings is 2. The molecule has 0 bridgehead atoms. The Balaban J connectivity index is 1.28. The van der Waals surface area contributed by atoms with Crippen LogP contribution in [0, 0.1) is 9.49 Å². The molecule has 0 aliphatic heterocycles. The van der Waals surface area contributed by atoms with Gasteiger partial charge >= 0.3 is 0 Å². The van der Waals surface area contributed by atoms with E-state index < -0.39 is 0 Å². The number of carbonyl (C=O) groups excluding carboxylic acids is 1. The summed E-state index contributed by atoms with van der Waals surface area (Å²) >= 11 is 7.97. The van der Waals surface area contributed by atoms with Gasteiger partial charge in [0.1, 0.15) is 0 Å². The van der Waals surface area contributed by atoms with Crippen molar-refractivity contribution < 1.29 is 4.79 Å². The molecule has 1 amide bonds. The lowest BCUT2D eigenvalue weighted by molar-refractivity contribution is -0.136. The summed E-state index contributed by atoms with van der Waals surface area (Å²) in [5.41, 5.74) is 7.52. The van der Waals surface area contributed by atoms with Crippen LogP contribution in [-0.2, 0) is 4.79 Å². The van der Waals surface area contributed by atoms with Crippen molar-refractivity contribution in [1.29, 1.82) is 0 Å². The molecule has 178 valence electrons. The number of amides is 1. The number of thiocarbonyl (C=S) groups is 1. The first kappa shape index (κ1) is 24.7. The summed E-state index contributed by atoms with van der Waals surface area (Å²) in [6.07, 6.45) is 8.60. The second kappa shape index (κ2) is 11.3. The molecule has 0 aromatic heterocycles. The van der Waals surface area contributed by atoms with Gasteiger partial charge in [-0.15, -0.1) is 0 Å². The zero-order valence-corrected chi connectivity index (χ0v) is 22.3. The van der Waals surface area contributed by atoms with Crippen LogP contribution in [0.2, 0.25) is 0 Å². The van der Waals surface area contributed by atoms with E-state index >= 15 is 0 Å². The van der Waals surface area contributed by atoms with Crippen molar-refractivity contribution in [2.75, 3.05) is 11.9 Å². The smallest absolute Gasteiger partial charge is 0.240 e. The summed E-state index contributed by atoms with van der Waals surface area (Å²) in [7, 11) is 0. The molecule has 2 saturated carbocycles. The molecular formula is C26H35IN4OS. The fourth-order valence-electron chi connectivity index (χ4n) is 5.53. The second-order valence-corrected chi connectivity index (χ2v) is 11.1. The Bertz CT molecular complexity index is 985. The summed E-state index contributed by atoms with van der Waals surface area (Å²) in [5, 5.41) is 9.91. The van der Waals surface area contributed by atoms with Gasteiger partial charge in [0.15, 0.2) is 5.11 Å². The zero-order valence-electron chi connectivity index (χ0n) is 19.4. The highest BCUT2D eigenvalue weighted by Crippen LogP contribution is 2.30. The molecule has 5 nitrogen and oxygen atoms in total. The summed E-state index contributed by atoms with van der Waals surface area (Å²) in [5.74, 6) is 0.414. The van der Waals surface area contributed by atoms with Gasteiger partial charge in [-0.3, -0.25) is 4.79 Å². The summed E-state index contributed by atoms with van der Waals surface area (Å²) in [6.45, 7) is 2.84. The fraction of sp³-hybridized carbons (Fsp3) is 0.538. The molecule has 0 spiro atoms. The molecule has 7 heteroatoms. The molecule has 1 unspecified atom stereocenters. The quantitative estimate of drug-likeness (QED) is 0.316. The van der Waals surface area contributed by atoms with Crippen LogP contribution in [-0.4, -0.2) is 40.6 Å². The van der Waals surface area contributed by atoms with Gasteiger partial charge in [0, 0.05) is 33.3 Å². The van der Waals surface area contributed by atoms with Crippen LogP contribution in [0.25, 0.3) is 10.8 Å². The van der Waals surface area contributed by atoms with Crippen LogP contribution >= 0.6 is 34.8 Å². The monoisotopic (exact) mass is 578 g/mol. The third-order valence-corrected chi connectivity index (χ3v) is 8.27. The lowest BCUT2D eigenvalue weighted by Crippen LogP contribution is -2.52. The topological polar surface area (TPSA) is 70.4 Å². The van der Waals surface area contributed by atoms with Crippen molar-refractivity contribution >= 4 is 62.3 Å². The first-order valence-electron chi connectivity index (χ1n) is 12.3. The van der Waals surface area contributed by atoms with E-state index in [1.165, 1.54) is 21.8 Å². The Morgan fingerprint density at radius 1 is 1.15 bits per heavy atom. The fourth-order valence-corrected chi connectivity index (χ4v) is 6.32. The molecule has 2 aliphatic rings. The van der Waals surface area contributed by atoms with Gasteiger partial charge in [-0.2, -0.15) is 0 Å². The SMILES string of the molecule is CCN(C(=O)C(N)C1CCC(NC(=S)Nc2cccc3cc(I)ccc23)CC1)C1CCCC1. The molecule has 2 aliphatic carbocycles. The van der Waals surface area contributed by atoms with Gasteiger partial charge in [0.25, 0.3) is 0 Å². The van der Waals surface area contributed by atoms with E-state index in [-0.39, 0.29) is 17.9 Å². The van der Waals surface area contributed by atoms with E-state index in [0.717, 1.165) is 56.1 Å². The summed E-state index contributed by atoms with van der Waals surface area (Å²) < 4.78 is 1.22. The number of likely N-dealkylation sites (N-methyl/N-ethyl adjacent to an activating group) is 1. The Hall–Kier alpha value is -1.45. The van der Waals surface area contributed by atoms with Crippen molar-refractivity contribution in [2.24, 2.45) is 11.7 Å². The number of anilines is 1. The van der Waals surface area contributed by atoms with Gasteiger partial charge in [0.05, 0.1) is 6.04 Å². The van der Waals surface area contributed by atoms with E-state index in [0.29, 0.717) is 17.2 Å². The van der Waals surface area contributed by atoms with E-state index in [1.54, 1.807) is 0 Å². The summed E-state index contributed by atoms with van der Waals surface area (Å²) in [6, 6.07) is 13.0. The van der Waals surface area contributed by atoms with E-state index in [4.69, 9.17) is 18.0 Å². The Morgan fingerprint density at radius 3 is 2.58 bits per heavy atom. The van der Waals surface area contributed by atoms with Gasteiger partial charge < -0.3 is 21.3 Å². The average Bonchev–Trinajstić information content (AvgIpc) is 3.34. The molecule has 0 saturated heterocycles. The first-order chi connectivity index (χ1) is 16.0. The molecular weight excluding hydrogens is 543 g/mol. The van der Waals surface area contributed by atoms with Gasteiger partial charge in [-0.25, -0.2) is 0 Å². The molecule has 0 heterocycles. The van der Waals surface area contributed by atoms with E-state index in [2.05, 4.69) is 76.5 Å². The minimum absolute atomic E-state index is 0.156. The number of nitrogens with zero attached hydrogens (tertiary/aromatic N) is 1. The average molecular weight is 579 g/mol.